The van der Waals surface area contributed by atoms with E-state index < -0.39 is 0 Å². The second-order valence-electron chi connectivity index (χ2n) is 8.24. The Morgan fingerprint density at radius 2 is 2.22 bits per heavy atom. The Bertz CT molecular complexity index is 584. The first-order chi connectivity index (χ1) is 13.3. The summed E-state index contributed by atoms with van der Waals surface area (Å²) in [4.78, 5) is 7.41. The van der Waals surface area contributed by atoms with Crippen LogP contribution in [0, 0.1) is 5.41 Å². The number of piperidine rings is 1. The van der Waals surface area contributed by atoms with Crippen molar-refractivity contribution in [3.8, 4) is 0 Å². The highest BCUT2D eigenvalue weighted by atomic mass is 16.5. The largest absolute Gasteiger partial charge is 0.469 e. The maximum atomic E-state index is 5.84. The smallest absolute Gasteiger partial charge is 0.194 e. The van der Waals surface area contributed by atoms with Crippen LogP contribution >= 0.6 is 0 Å². The molecule has 0 amide bonds. The van der Waals surface area contributed by atoms with Crippen molar-refractivity contribution in [2.24, 2.45) is 10.4 Å². The van der Waals surface area contributed by atoms with Gasteiger partial charge in [0, 0.05) is 44.7 Å². The summed E-state index contributed by atoms with van der Waals surface area (Å²) < 4.78 is 17.1. The van der Waals surface area contributed by atoms with Crippen molar-refractivity contribution in [1.29, 1.82) is 0 Å². The Kier molecular flexibility index (Phi) is 6.35. The molecule has 6 heteroatoms. The molecule has 1 spiro atoms. The topological polar surface area (TPSA) is 59.2 Å². The van der Waals surface area contributed by atoms with Crippen molar-refractivity contribution in [1.82, 2.24) is 10.2 Å². The van der Waals surface area contributed by atoms with Gasteiger partial charge in [0.05, 0.1) is 25.5 Å². The number of aliphatic imine (C=N–C) groups is 1. The van der Waals surface area contributed by atoms with Crippen molar-refractivity contribution in [2.45, 2.75) is 51.0 Å². The fourth-order valence-corrected chi connectivity index (χ4v) is 4.62. The summed E-state index contributed by atoms with van der Waals surface area (Å²) in [6.45, 7) is 6.40. The molecule has 2 atom stereocenters. The molecule has 2 unspecified atom stereocenters. The third-order valence-corrected chi connectivity index (χ3v) is 6.07. The monoisotopic (exact) mass is 375 g/mol. The Morgan fingerprint density at radius 3 is 3.00 bits per heavy atom. The van der Waals surface area contributed by atoms with Crippen molar-refractivity contribution >= 4 is 5.96 Å². The Morgan fingerprint density at radius 1 is 1.26 bits per heavy atom. The third-order valence-electron chi connectivity index (χ3n) is 6.07. The molecule has 4 heterocycles. The fraction of sp³-hybridized carbons (Fsp3) is 0.762. The van der Waals surface area contributed by atoms with E-state index in [0.29, 0.717) is 5.41 Å². The summed E-state index contributed by atoms with van der Waals surface area (Å²) in [5, 5.41) is 3.59. The molecule has 6 nitrogen and oxygen atoms in total. The van der Waals surface area contributed by atoms with E-state index in [4.69, 9.17) is 18.9 Å². The SMILES string of the molecule is c1coc(CCNC(=NCC2CCCO2)N2CCCC3(CCCOC3)C2)c1. The van der Waals surface area contributed by atoms with Gasteiger partial charge in [-0.1, -0.05) is 0 Å². The van der Waals surface area contributed by atoms with Crippen LogP contribution in [0.1, 0.15) is 44.3 Å². The van der Waals surface area contributed by atoms with Gasteiger partial charge >= 0.3 is 0 Å². The Labute approximate surface area is 162 Å². The first-order valence-corrected chi connectivity index (χ1v) is 10.6. The van der Waals surface area contributed by atoms with E-state index in [-0.39, 0.29) is 6.10 Å². The van der Waals surface area contributed by atoms with Crippen molar-refractivity contribution in [3.63, 3.8) is 0 Å². The molecule has 1 N–H and O–H groups in total. The van der Waals surface area contributed by atoms with Crippen LogP contribution in [0.3, 0.4) is 0 Å². The van der Waals surface area contributed by atoms with Crippen LogP contribution in [0.2, 0.25) is 0 Å². The average molecular weight is 376 g/mol. The van der Waals surface area contributed by atoms with E-state index >= 15 is 0 Å². The normalized spacial score (nSPS) is 29.4. The van der Waals surface area contributed by atoms with Gasteiger partial charge in [-0.3, -0.25) is 4.99 Å². The lowest BCUT2D eigenvalue weighted by molar-refractivity contribution is -0.0371. The number of rotatable bonds is 5. The molecular weight excluding hydrogens is 342 g/mol. The van der Waals surface area contributed by atoms with Gasteiger partial charge in [0.15, 0.2) is 5.96 Å². The van der Waals surface area contributed by atoms with E-state index in [2.05, 4.69) is 10.2 Å². The minimum absolute atomic E-state index is 0.281. The quantitative estimate of drug-likeness (QED) is 0.633. The van der Waals surface area contributed by atoms with Crippen molar-refractivity contribution < 1.29 is 13.9 Å². The molecule has 1 aromatic heterocycles. The molecule has 0 bridgehead atoms. The minimum atomic E-state index is 0.281. The van der Waals surface area contributed by atoms with Gasteiger partial charge in [-0.25, -0.2) is 0 Å². The minimum Gasteiger partial charge on any atom is -0.469 e. The maximum absolute atomic E-state index is 5.84. The first kappa shape index (κ1) is 18.8. The van der Waals surface area contributed by atoms with Crippen molar-refractivity contribution in [2.75, 3.05) is 46.0 Å². The van der Waals surface area contributed by atoms with Gasteiger partial charge in [0.25, 0.3) is 0 Å². The summed E-state index contributed by atoms with van der Waals surface area (Å²) >= 11 is 0. The molecular formula is C21H33N3O3. The number of nitrogens with one attached hydrogen (secondary N) is 1. The number of nitrogens with zero attached hydrogens (tertiary/aromatic N) is 2. The van der Waals surface area contributed by atoms with E-state index in [1.54, 1.807) is 6.26 Å². The van der Waals surface area contributed by atoms with Gasteiger partial charge in [0.1, 0.15) is 5.76 Å². The molecule has 27 heavy (non-hydrogen) atoms. The molecule has 3 fully saturated rings. The average Bonchev–Trinajstić information content (AvgIpc) is 3.39. The summed E-state index contributed by atoms with van der Waals surface area (Å²) in [7, 11) is 0. The number of hydrogen-bond donors (Lipinski definition) is 1. The predicted molar refractivity (Wildman–Crippen MR) is 105 cm³/mol. The Hall–Kier alpha value is -1.53. The van der Waals surface area contributed by atoms with Crippen LogP contribution in [0.5, 0.6) is 0 Å². The van der Waals surface area contributed by atoms with Gasteiger partial charge in [0.2, 0.25) is 0 Å². The summed E-state index contributed by atoms with van der Waals surface area (Å²) in [6.07, 6.45) is 10.1. The number of ether oxygens (including phenoxy) is 2. The molecule has 3 aliphatic heterocycles. The second-order valence-corrected chi connectivity index (χ2v) is 8.24. The fourth-order valence-electron chi connectivity index (χ4n) is 4.62. The first-order valence-electron chi connectivity index (χ1n) is 10.6. The molecule has 3 aliphatic rings. The highest BCUT2D eigenvalue weighted by molar-refractivity contribution is 5.80. The second kappa shape index (κ2) is 9.11. The highest BCUT2D eigenvalue weighted by Crippen LogP contribution is 2.37. The lowest BCUT2D eigenvalue weighted by Gasteiger charge is -2.45. The maximum Gasteiger partial charge on any atom is 0.194 e. The van der Waals surface area contributed by atoms with E-state index in [9.17, 15) is 0 Å². The standard InChI is InChI=1S/C21H33N3O3/c1-5-18(26-13-1)7-10-22-20(23-15-19-6-2-14-27-19)24-11-3-8-21(16-24)9-4-12-25-17-21/h1,5,13,19H,2-4,6-12,14-17H2,(H,22,23). The lowest BCUT2D eigenvalue weighted by Crippen LogP contribution is -2.53. The van der Waals surface area contributed by atoms with Gasteiger partial charge in [-0.15, -0.1) is 0 Å². The molecule has 0 aromatic carbocycles. The number of furan rings is 1. The molecule has 0 radical (unpaired) electrons. The van der Waals surface area contributed by atoms with Gasteiger partial charge in [-0.2, -0.15) is 0 Å². The van der Waals surface area contributed by atoms with Gasteiger partial charge < -0.3 is 24.1 Å². The summed E-state index contributed by atoms with van der Waals surface area (Å²) in [6, 6.07) is 3.97. The van der Waals surface area contributed by atoms with Crippen LogP contribution in [0.4, 0.5) is 0 Å². The number of guanidine groups is 1. The van der Waals surface area contributed by atoms with Crippen LogP contribution < -0.4 is 5.32 Å². The van der Waals surface area contributed by atoms with Crippen LogP contribution in [-0.2, 0) is 15.9 Å². The van der Waals surface area contributed by atoms with E-state index in [1.165, 1.54) is 25.7 Å². The zero-order chi connectivity index (χ0) is 18.4. The lowest BCUT2D eigenvalue weighted by atomic mass is 9.76. The van der Waals surface area contributed by atoms with E-state index in [0.717, 1.165) is 77.0 Å². The zero-order valence-electron chi connectivity index (χ0n) is 16.3. The van der Waals surface area contributed by atoms with Gasteiger partial charge in [-0.05, 0) is 50.7 Å². The molecule has 1 aromatic rings. The van der Waals surface area contributed by atoms with Crippen LogP contribution in [-0.4, -0.2) is 63.0 Å². The molecule has 3 saturated heterocycles. The molecule has 150 valence electrons. The van der Waals surface area contributed by atoms with Crippen LogP contribution in [0.25, 0.3) is 0 Å². The molecule has 0 saturated carbocycles. The van der Waals surface area contributed by atoms with E-state index in [1.807, 2.05) is 12.1 Å². The zero-order valence-corrected chi connectivity index (χ0v) is 16.3. The predicted octanol–water partition coefficient (Wildman–Crippen LogP) is 2.84. The summed E-state index contributed by atoms with van der Waals surface area (Å²) in [5.41, 5.74) is 0.309. The van der Waals surface area contributed by atoms with Crippen LogP contribution in [0.15, 0.2) is 27.8 Å². The number of likely N-dealkylation sites (tertiary alicyclic amines) is 1. The highest BCUT2D eigenvalue weighted by Gasteiger charge is 2.38. The summed E-state index contributed by atoms with van der Waals surface area (Å²) in [5.74, 6) is 2.04. The molecule has 4 rings (SSSR count). The third kappa shape index (κ3) is 5.05. The number of hydrogen-bond acceptors (Lipinski definition) is 4. The Balaban J connectivity index is 1.39. The molecule has 0 aliphatic carbocycles. The van der Waals surface area contributed by atoms with Crippen molar-refractivity contribution in [3.05, 3.63) is 24.2 Å².